The Hall–Kier alpha value is 1.20. The van der Waals surface area contributed by atoms with Gasteiger partial charge in [-0.2, -0.15) is 0 Å². The zero-order valence-corrected chi connectivity index (χ0v) is 5.34. The number of hydrogen-bond donors (Lipinski definition) is 1. The summed E-state index contributed by atoms with van der Waals surface area (Å²) in [5, 5.41) is 1.73. The summed E-state index contributed by atoms with van der Waals surface area (Å²) >= 11 is 8.26. The molecule has 8 heavy (non-hydrogen) atoms. The van der Waals surface area contributed by atoms with Crippen LogP contribution >= 0.6 is 24.8 Å². The zero-order valence-electron chi connectivity index (χ0n) is 3.63. The topological polar surface area (TPSA) is 12.2 Å². The second-order valence-corrected chi connectivity index (χ2v) is 2.37. The summed E-state index contributed by atoms with van der Waals surface area (Å²) in [4.78, 5) is 4.79. The Bertz CT molecular complexity index is 95.3. The average Bonchev–Trinajstić information content (AvgIpc) is 2.17. The van der Waals surface area contributed by atoms with Crippen molar-refractivity contribution in [3.63, 3.8) is 0 Å². The van der Waals surface area contributed by atoms with E-state index in [4.69, 9.17) is 4.84 Å². The number of thiol groups is 1. The van der Waals surface area contributed by atoms with Crippen molar-refractivity contribution in [2.45, 2.75) is 0 Å². The fourth-order valence-electron chi connectivity index (χ4n) is 0.243. The van der Waals surface area contributed by atoms with E-state index in [1.165, 1.54) is 0 Å². The molecule has 0 aliphatic carbocycles. The summed E-state index contributed by atoms with van der Waals surface area (Å²) in [6, 6.07) is 0. The molecule has 0 aromatic rings. The molecule has 1 saturated heterocycles. The normalized spacial score (nSPS) is 16.6. The van der Waals surface area contributed by atoms with Crippen LogP contribution < -0.4 is 0 Å². The van der Waals surface area contributed by atoms with Crippen LogP contribution in [0.15, 0.2) is 0 Å². The number of hydrogen-bond acceptors (Lipinski definition) is 3. The Morgan fingerprint density at radius 2 is 2.12 bits per heavy atom. The molecule has 0 saturated carbocycles. The third-order valence-electron chi connectivity index (χ3n) is 0.613. The molecule has 5 heteroatoms. The maximum absolute atomic E-state index is 4.79. The van der Waals surface area contributed by atoms with Gasteiger partial charge in [-0.1, -0.05) is 12.6 Å². The first-order valence-electron chi connectivity index (χ1n) is 1.95. The van der Waals surface area contributed by atoms with Crippen molar-refractivity contribution in [1.29, 1.82) is 0 Å². The predicted octanol–water partition coefficient (Wildman–Crippen LogP) is -0.200. The van der Waals surface area contributed by atoms with Gasteiger partial charge in [-0.25, -0.2) is 0 Å². The van der Waals surface area contributed by atoms with Crippen LogP contribution in [0.2, 0.25) is 0 Å². The monoisotopic (exact) mass is 159 g/mol. The Morgan fingerprint density at radius 3 is 2.25 bits per heavy atom. The van der Waals surface area contributed by atoms with E-state index in [1.54, 1.807) is 5.06 Å². The van der Waals surface area contributed by atoms with Crippen LogP contribution in [0.3, 0.4) is 0 Å². The van der Waals surface area contributed by atoms with Gasteiger partial charge in [-0.3, -0.25) is 0 Å². The molecular formula is C3H6NNaOS2. The summed E-state index contributed by atoms with van der Waals surface area (Å²) in [7, 11) is 0. The molecule has 1 aliphatic rings. The van der Waals surface area contributed by atoms with Gasteiger partial charge in [0.05, 0.1) is 13.1 Å². The van der Waals surface area contributed by atoms with Gasteiger partial charge in [0, 0.05) is 0 Å². The Morgan fingerprint density at radius 1 is 1.62 bits per heavy atom. The van der Waals surface area contributed by atoms with Crippen molar-refractivity contribution in [1.82, 2.24) is 5.06 Å². The Kier molecular flexibility index (Phi) is 4.70. The number of thiocarbonyl (C=S) groups is 1. The summed E-state index contributed by atoms with van der Waals surface area (Å²) < 4.78 is 0.303. The number of rotatable bonds is 1. The molecule has 0 unspecified atom stereocenters. The summed E-state index contributed by atoms with van der Waals surface area (Å²) in [6.07, 6.45) is 0. The van der Waals surface area contributed by atoms with E-state index >= 15 is 0 Å². The van der Waals surface area contributed by atoms with Gasteiger partial charge in [0.2, 0.25) is 4.38 Å². The number of nitrogens with zero attached hydrogens (tertiary/aromatic N) is 1. The molecule has 1 rings (SSSR count). The molecule has 0 amide bonds. The minimum absolute atomic E-state index is 0. The number of hydroxylamine groups is 2. The van der Waals surface area contributed by atoms with Gasteiger partial charge < -0.3 is 4.84 Å². The molecule has 0 N–H and O–H groups in total. The fourth-order valence-corrected chi connectivity index (χ4v) is 0.463. The van der Waals surface area contributed by atoms with Gasteiger partial charge in [0.1, 0.15) is 0 Å². The van der Waals surface area contributed by atoms with Crippen LogP contribution in [-0.4, -0.2) is 52.1 Å². The van der Waals surface area contributed by atoms with Gasteiger partial charge in [0.15, 0.2) is 0 Å². The Labute approximate surface area is 81.2 Å². The zero-order chi connectivity index (χ0) is 5.28. The van der Waals surface area contributed by atoms with Crippen LogP contribution in [-0.2, 0) is 4.84 Å². The van der Waals surface area contributed by atoms with E-state index in [1.807, 2.05) is 0 Å². The van der Waals surface area contributed by atoms with Crippen LogP contribution in [0.1, 0.15) is 0 Å². The van der Waals surface area contributed by atoms with E-state index < -0.39 is 0 Å². The first-order chi connectivity index (χ1) is 3.29. The molecule has 0 aromatic heterocycles. The van der Waals surface area contributed by atoms with Crippen molar-refractivity contribution < 1.29 is 4.84 Å². The first-order valence-corrected chi connectivity index (χ1v) is 2.80. The van der Waals surface area contributed by atoms with Crippen molar-refractivity contribution in [2.24, 2.45) is 0 Å². The third kappa shape index (κ3) is 4.12. The molecule has 0 radical (unpaired) electrons. The average molecular weight is 159 g/mol. The molecule has 1 aliphatic heterocycles. The van der Waals surface area contributed by atoms with E-state index in [-0.39, 0.29) is 29.6 Å². The van der Waals surface area contributed by atoms with Crippen molar-refractivity contribution in [3.8, 4) is 0 Å². The van der Waals surface area contributed by atoms with Gasteiger partial charge in [-0.15, -0.1) is 5.06 Å². The van der Waals surface area contributed by atoms with Crippen molar-refractivity contribution >= 4 is 58.8 Å². The van der Waals surface area contributed by atoms with Crippen LogP contribution in [0, 0.1) is 0 Å². The van der Waals surface area contributed by atoms with Gasteiger partial charge in [0.25, 0.3) is 0 Å². The van der Waals surface area contributed by atoms with E-state index in [2.05, 4.69) is 24.8 Å². The second kappa shape index (κ2) is 4.09. The van der Waals surface area contributed by atoms with Crippen LogP contribution in [0.4, 0.5) is 0 Å². The minimum atomic E-state index is 0. The predicted molar refractivity (Wildman–Crippen MR) is 41.4 cm³/mol. The molecule has 2 nitrogen and oxygen atoms in total. The third-order valence-corrected chi connectivity index (χ3v) is 0.770. The van der Waals surface area contributed by atoms with Gasteiger partial charge >= 0.3 is 29.6 Å². The van der Waals surface area contributed by atoms with Crippen molar-refractivity contribution in [3.05, 3.63) is 0 Å². The molecule has 0 aromatic carbocycles. The first kappa shape index (κ1) is 9.20. The molecule has 1 fully saturated rings. The molecule has 42 valence electrons. The quantitative estimate of drug-likeness (QED) is 0.246. The van der Waals surface area contributed by atoms with Crippen LogP contribution in [0.5, 0.6) is 0 Å². The molecule has 0 bridgehead atoms. The summed E-state index contributed by atoms with van der Waals surface area (Å²) in [5.74, 6) is 0. The van der Waals surface area contributed by atoms with E-state index in [0.717, 1.165) is 13.1 Å². The molecular weight excluding hydrogens is 153 g/mol. The summed E-state index contributed by atoms with van der Waals surface area (Å²) in [6.45, 7) is 1.97. The summed E-state index contributed by atoms with van der Waals surface area (Å²) in [5.41, 5.74) is 0. The van der Waals surface area contributed by atoms with Gasteiger partial charge in [-0.05, 0) is 12.2 Å². The molecule has 1 heterocycles. The van der Waals surface area contributed by atoms with Crippen molar-refractivity contribution in [2.75, 3.05) is 13.1 Å². The molecule has 0 spiro atoms. The van der Waals surface area contributed by atoms with Crippen LogP contribution in [0.25, 0.3) is 0 Å². The fraction of sp³-hybridized carbons (Fsp3) is 0.667. The second-order valence-electron chi connectivity index (χ2n) is 1.29. The maximum atomic E-state index is 4.79. The SMILES string of the molecule is S=C(S)ON1CC1.[NaH]. The van der Waals surface area contributed by atoms with E-state index in [0.29, 0.717) is 4.38 Å². The Balaban J connectivity index is 0.000000490. The molecule has 0 atom stereocenters. The van der Waals surface area contributed by atoms with E-state index in [9.17, 15) is 0 Å². The standard InChI is InChI=1S/C3H5NOS2.Na.H/c6-3(7)5-4-1-2-4;;/h1-2H2,(H,6,7);;.